The van der Waals surface area contributed by atoms with Crippen molar-refractivity contribution in [2.75, 3.05) is 13.2 Å². The van der Waals surface area contributed by atoms with E-state index in [0.29, 0.717) is 19.1 Å². The summed E-state index contributed by atoms with van der Waals surface area (Å²) < 4.78 is 5.55. The predicted molar refractivity (Wildman–Crippen MR) is 75.8 cm³/mol. The molecule has 1 unspecified atom stereocenters. The molecule has 0 aromatic heterocycles. The molecule has 2 aliphatic rings. The summed E-state index contributed by atoms with van der Waals surface area (Å²) >= 11 is 0. The molecule has 1 saturated carbocycles. The van der Waals surface area contributed by atoms with E-state index in [9.17, 15) is 4.79 Å². The summed E-state index contributed by atoms with van der Waals surface area (Å²) in [6.45, 7) is 3.70. The van der Waals surface area contributed by atoms with E-state index < -0.39 is 0 Å². The Hall–Kier alpha value is -0.610. The highest BCUT2D eigenvalue weighted by Gasteiger charge is 2.34. The molecule has 1 saturated heterocycles. The number of amides is 1. The van der Waals surface area contributed by atoms with Crippen molar-refractivity contribution in [3.8, 4) is 0 Å². The number of ether oxygens (including phenoxy) is 1. The Balaban J connectivity index is 1.75. The average Bonchev–Trinajstić information content (AvgIpc) is 2.93. The summed E-state index contributed by atoms with van der Waals surface area (Å²) in [6, 6.07) is 0. The van der Waals surface area contributed by atoms with Gasteiger partial charge in [-0.05, 0) is 50.9 Å². The van der Waals surface area contributed by atoms with Gasteiger partial charge >= 0.3 is 0 Å². The maximum atomic E-state index is 12.1. The Morgan fingerprint density at radius 3 is 2.68 bits per heavy atom. The number of nitrogens with one attached hydrogen (secondary N) is 1. The van der Waals surface area contributed by atoms with E-state index >= 15 is 0 Å². The lowest BCUT2D eigenvalue weighted by molar-refractivity contribution is -0.124. The van der Waals surface area contributed by atoms with Crippen LogP contribution in [0, 0.1) is 5.92 Å². The number of carbonyl (C=O) groups excluding carboxylic acids is 1. The van der Waals surface area contributed by atoms with Crippen molar-refractivity contribution in [3.63, 3.8) is 0 Å². The number of nitrogens with two attached hydrogens (primary N) is 1. The molecule has 0 radical (unpaired) electrons. The summed E-state index contributed by atoms with van der Waals surface area (Å²) in [5, 5.41) is 3.21. The minimum Gasteiger partial charge on any atom is -0.378 e. The van der Waals surface area contributed by atoms with Crippen molar-refractivity contribution >= 4 is 5.91 Å². The van der Waals surface area contributed by atoms with E-state index in [-0.39, 0.29) is 11.4 Å². The average molecular weight is 268 g/mol. The van der Waals surface area contributed by atoms with E-state index in [1.165, 1.54) is 12.8 Å². The second-order valence-electron chi connectivity index (χ2n) is 6.39. The highest BCUT2D eigenvalue weighted by atomic mass is 16.5. The first-order valence-electron chi connectivity index (χ1n) is 7.76. The Labute approximate surface area is 116 Å². The molecule has 0 aromatic rings. The lowest BCUT2D eigenvalue weighted by Gasteiger charge is -2.39. The van der Waals surface area contributed by atoms with Gasteiger partial charge in [-0.15, -0.1) is 0 Å². The van der Waals surface area contributed by atoms with Gasteiger partial charge in [-0.2, -0.15) is 0 Å². The molecule has 0 spiro atoms. The van der Waals surface area contributed by atoms with E-state index in [1.807, 2.05) is 0 Å². The third-order valence-corrected chi connectivity index (χ3v) is 4.74. The van der Waals surface area contributed by atoms with Crippen molar-refractivity contribution in [2.24, 2.45) is 11.7 Å². The van der Waals surface area contributed by atoms with Crippen molar-refractivity contribution in [1.82, 2.24) is 5.32 Å². The Kier molecular flexibility index (Phi) is 5.22. The fourth-order valence-electron chi connectivity index (χ4n) is 3.22. The molecule has 0 bridgehead atoms. The Morgan fingerprint density at radius 1 is 1.37 bits per heavy atom. The lowest BCUT2D eigenvalue weighted by atomic mass is 9.77. The molecule has 2 fully saturated rings. The highest BCUT2D eigenvalue weighted by molar-refractivity contribution is 5.76. The van der Waals surface area contributed by atoms with Crippen LogP contribution in [0.4, 0.5) is 0 Å². The first-order chi connectivity index (χ1) is 9.13. The summed E-state index contributed by atoms with van der Waals surface area (Å²) in [5.41, 5.74) is 5.77. The van der Waals surface area contributed by atoms with Gasteiger partial charge in [-0.1, -0.05) is 6.92 Å². The summed E-state index contributed by atoms with van der Waals surface area (Å²) in [5.74, 6) is 0.916. The van der Waals surface area contributed by atoms with Gasteiger partial charge in [0.1, 0.15) is 0 Å². The van der Waals surface area contributed by atoms with Crippen molar-refractivity contribution in [3.05, 3.63) is 0 Å². The van der Waals surface area contributed by atoms with Crippen molar-refractivity contribution in [1.29, 1.82) is 0 Å². The second-order valence-corrected chi connectivity index (χ2v) is 6.39. The number of rotatable bonds is 5. The Morgan fingerprint density at radius 2 is 2.11 bits per heavy atom. The SMILES string of the molecule is CC1CCC(CN)(NC(=O)CCC2CCCO2)CC1. The molecular formula is C15H28N2O2. The zero-order valence-corrected chi connectivity index (χ0v) is 12.1. The van der Waals surface area contributed by atoms with Gasteiger partial charge in [0, 0.05) is 19.6 Å². The molecule has 4 nitrogen and oxygen atoms in total. The third kappa shape index (κ3) is 4.18. The largest absolute Gasteiger partial charge is 0.378 e. The van der Waals surface area contributed by atoms with Crippen LogP contribution in [0.5, 0.6) is 0 Å². The van der Waals surface area contributed by atoms with Crippen LogP contribution in [0.1, 0.15) is 58.3 Å². The van der Waals surface area contributed by atoms with Gasteiger partial charge < -0.3 is 15.8 Å². The first-order valence-corrected chi connectivity index (χ1v) is 7.76. The fraction of sp³-hybridized carbons (Fsp3) is 0.933. The molecular weight excluding hydrogens is 240 g/mol. The minimum absolute atomic E-state index is 0.139. The van der Waals surface area contributed by atoms with Gasteiger partial charge in [-0.25, -0.2) is 0 Å². The molecule has 2 rings (SSSR count). The van der Waals surface area contributed by atoms with Crippen LogP contribution in [0.2, 0.25) is 0 Å². The topological polar surface area (TPSA) is 64.3 Å². The van der Waals surface area contributed by atoms with Crippen LogP contribution in [0.25, 0.3) is 0 Å². The number of hydrogen-bond donors (Lipinski definition) is 2. The zero-order valence-electron chi connectivity index (χ0n) is 12.1. The molecule has 1 aliphatic carbocycles. The first kappa shape index (κ1) is 14.8. The fourth-order valence-corrected chi connectivity index (χ4v) is 3.22. The van der Waals surface area contributed by atoms with Gasteiger partial charge in [-0.3, -0.25) is 4.79 Å². The van der Waals surface area contributed by atoms with Crippen LogP contribution in [0.15, 0.2) is 0 Å². The van der Waals surface area contributed by atoms with E-state index in [2.05, 4.69) is 12.2 Å². The van der Waals surface area contributed by atoms with E-state index in [0.717, 1.165) is 44.6 Å². The van der Waals surface area contributed by atoms with E-state index in [4.69, 9.17) is 10.5 Å². The smallest absolute Gasteiger partial charge is 0.220 e. The minimum atomic E-state index is -0.139. The highest BCUT2D eigenvalue weighted by Crippen LogP contribution is 2.31. The van der Waals surface area contributed by atoms with Crippen LogP contribution >= 0.6 is 0 Å². The van der Waals surface area contributed by atoms with Gasteiger partial charge in [0.05, 0.1) is 11.6 Å². The quantitative estimate of drug-likeness (QED) is 0.801. The van der Waals surface area contributed by atoms with Gasteiger partial charge in [0.2, 0.25) is 5.91 Å². The van der Waals surface area contributed by atoms with Crippen LogP contribution in [-0.4, -0.2) is 30.7 Å². The van der Waals surface area contributed by atoms with Gasteiger partial charge in [0.25, 0.3) is 0 Å². The summed E-state index contributed by atoms with van der Waals surface area (Å²) in [7, 11) is 0. The molecule has 19 heavy (non-hydrogen) atoms. The molecule has 110 valence electrons. The number of carbonyl (C=O) groups is 1. The number of hydrogen-bond acceptors (Lipinski definition) is 3. The Bertz CT molecular complexity index is 293. The molecule has 1 amide bonds. The van der Waals surface area contributed by atoms with Crippen LogP contribution in [0.3, 0.4) is 0 Å². The van der Waals surface area contributed by atoms with Crippen molar-refractivity contribution < 1.29 is 9.53 Å². The normalized spacial score (nSPS) is 35.3. The van der Waals surface area contributed by atoms with Crippen molar-refractivity contribution in [2.45, 2.75) is 69.9 Å². The van der Waals surface area contributed by atoms with Crippen LogP contribution < -0.4 is 11.1 Å². The zero-order chi connectivity index (χ0) is 13.7. The monoisotopic (exact) mass is 268 g/mol. The molecule has 3 N–H and O–H groups in total. The molecule has 1 heterocycles. The second kappa shape index (κ2) is 6.71. The molecule has 0 aromatic carbocycles. The maximum absolute atomic E-state index is 12.1. The molecule has 1 aliphatic heterocycles. The summed E-state index contributed by atoms with van der Waals surface area (Å²) in [4.78, 5) is 12.1. The predicted octanol–water partition coefficient (Wildman–Crippen LogP) is 1.97. The van der Waals surface area contributed by atoms with Gasteiger partial charge in [0.15, 0.2) is 0 Å². The standard InChI is InChI=1S/C15H28N2O2/c1-12-6-8-15(11-16,9-7-12)17-14(18)5-4-13-3-2-10-19-13/h12-13H,2-11,16H2,1H3,(H,17,18). The molecule has 4 heteroatoms. The summed E-state index contributed by atoms with van der Waals surface area (Å²) in [6.07, 6.45) is 8.35. The molecule has 1 atom stereocenters. The van der Waals surface area contributed by atoms with Crippen LogP contribution in [-0.2, 0) is 9.53 Å². The maximum Gasteiger partial charge on any atom is 0.220 e. The lowest BCUT2D eigenvalue weighted by Crippen LogP contribution is -2.55. The third-order valence-electron chi connectivity index (χ3n) is 4.74. The van der Waals surface area contributed by atoms with E-state index in [1.54, 1.807) is 0 Å².